The van der Waals surface area contributed by atoms with E-state index in [1.165, 1.54) is 31.2 Å². The fourth-order valence-corrected chi connectivity index (χ4v) is 3.66. The van der Waals surface area contributed by atoms with E-state index in [0.717, 1.165) is 17.7 Å². The van der Waals surface area contributed by atoms with Gasteiger partial charge in [-0.2, -0.15) is 0 Å². The number of nitrogens with one attached hydrogen (secondary N) is 1. The minimum Gasteiger partial charge on any atom is -0.382 e. The third-order valence-electron chi connectivity index (χ3n) is 5.05. The van der Waals surface area contributed by atoms with Crippen molar-refractivity contribution >= 4 is 11.5 Å². The molecule has 1 saturated carbocycles. The van der Waals surface area contributed by atoms with E-state index >= 15 is 0 Å². The molecule has 1 N–H and O–H groups in total. The molecule has 2 aromatic rings. The zero-order chi connectivity index (χ0) is 16.8. The van der Waals surface area contributed by atoms with Crippen LogP contribution in [0.4, 0.5) is 5.69 Å². The molecule has 2 nitrogen and oxygen atoms in total. The smallest absolute Gasteiger partial charge is 0.162 e. The Morgan fingerprint density at radius 2 is 1.62 bits per heavy atom. The van der Waals surface area contributed by atoms with Gasteiger partial charge in [0.1, 0.15) is 0 Å². The molecule has 0 saturated heterocycles. The Morgan fingerprint density at radius 3 is 2.25 bits per heavy atom. The van der Waals surface area contributed by atoms with Crippen molar-refractivity contribution in [3.63, 3.8) is 0 Å². The third-order valence-corrected chi connectivity index (χ3v) is 5.05. The van der Waals surface area contributed by atoms with Crippen LogP contribution in [0.25, 0.3) is 0 Å². The van der Waals surface area contributed by atoms with Gasteiger partial charge in [-0.3, -0.25) is 4.79 Å². The van der Waals surface area contributed by atoms with Crippen LogP contribution < -0.4 is 5.32 Å². The number of rotatable bonds is 6. The molecule has 0 radical (unpaired) electrons. The average Bonchev–Trinajstić information content (AvgIpc) is 2.64. The van der Waals surface area contributed by atoms with Gasteiger partial charge in [0, 0.05) is 23.7 Å². The molecular weight excluding hydrogens is 294 g/mol. The van der Waals surface area contributed by atoms with Gasteiger partial charge in [-0.15, -0.1) is 0 Å². The van der Waals surface area contributed by atoms with E-state index in [2.05, 4.69) is 35.6 Å². The molecule has 0 spiro atoms. The van der Waals surface area contributed by atoms with Crippen molar-refractivity contribution in [1.29, 1.82) is 0 Å². The van der Waals surface area contributed by atoms with Crippen LogP contribution in [-0.4, -0.2) is 11.8 Å². The maximum absolute atomic E-state index is 11.9. The number of benzene rings is 2. The first-order chi connectivity index (χ1) is 11.8. The number of anilines is 1. The van der Waals surface area contributed by atoms with E-state index in [-0.39, 0.29) is 5.78 Å². The molecule has 1 aliphatic rings. The highest BCUT2D eigenvalue weighted by atomic mass is 16.1. The lowest BCUT2D eigenvalue weighted by molar-refractivity contribution is 0.0982. The lowest BCUT2D eigenvalue weighted by Crippen LogP contribution is -2.25. The van der Waals surface area contributed by atoms with Gasteiger partial charge in [-0.05, 0) is 67.9 Å². The van der Waals surface area contributed by atoms with E-state index in [9.17, 15) is 4.79 Å². The topological polar surface area (TPSA) is 29.1 Å². The second-order valence-corrected chi connectivity index (χ2v) is 6.85. The Bertz CT molecular complexity index is 639. The predicted octanol–water partition coefficient (Wildman–Crippen LogP) is 5.81. The highest BCUT2D eigenvalue weighted by molar-refractivity contribution is 5.96. The van der Waals surface area contributed by atoms with Crippen LogP contribution in [0, 0.1) is 0 Å². The van der Waals surface area contributed by atoms with E-state index in [1.54, 1.807) is 0 Å². The minimum absolute atomic E-state index is 0.243. The number of hydrogen-bond donors (Lipinski definition) is 1. The standard InChI is InChI=1S/C22H27NO/c1-2-6-22(24)19-11-15-21(16-12-19)23-20-13-9-18(10-14-20)17-7-4-3-5-8-17/h3-5,7-8,11-12,15-16,18,20,23H,2,6,9-10,13-14H2,1H3. The summed E-state index contributed by atoms with van der Waals surface area (Å²) in [5.74, 6) is 0.950. The Labute approximate surface area is 145 Å². The Morgan fingerprint density at radius 1 is 0.958 bits per heavy atom. The van der Waals surface area contributed by atoms with Gasteiger partial charge in [0.2, 0.25) is 0 Å². The van der Waals surface area contributed by atoms with Gasteiger partial charge in [-0.25, -0.2) is 0 Å². The first kappa shape index (κ1) is 16.8. The number of Topliss-reactive ketones (excluding diaryl/α,β-unsaturated/α-hetero) is 1. The van der Waals surface area contributed by atoms with Crippen LogP contribution in [0.3, 0.4) is 0 Å². The molecule has 24 heavy (non-hydrogen) atoms. The maximum atomic E-state index is 11.9. The molecule has 0 heterocycles. The van der Waals surface area contributed by atoms with Gasteiger partial charge in [0.25, 0.3) is 0 Å². The molecule has 2 heteroatoms. The van der Waals surface area contributed by atoms with Gasteiger partial charge in [0.15, 0.2) is 5.78 Å². The quantitative estimate of drug-likeness (QED) is 0.680. The van der Waals surface area contributed by atoms with Crippen LogP contribution in [0.15, 0.2) is 54.6 Å². The van der Waals surface area contributed by atoms with Crippen molar-refractivity contribution in [3.8, 4) is 0 Å². The number of carbonyl (C=O) groups is 1. The summed E-state index contributed by atoms with van der Waals surface area (Å²) in [5.41, 5.74) is 3.44. The van der Waals surface area contributed by atoms with Crippen LogP contribution in [0.1, 0.15) is 67.3 Å². The van der Waals surface area contributed by atoms with Crippen LogP contribution in [0.5, 0.6) is 0 Å². The Hall–Kier alpha value is -2.09. The van der Waals surface area contributed by atoms with E-state index in [4.69, 9.17) is 0 Å². The average molecular weight is 321 g/mol. The molecular formula is C22H27NO. The summed E-state index contributed by atoms with van der Waals surface area (Å²) >= 11 is 0. The van der Waals surface area contributed by atoms with Gasteiger partial charge in [-0.1, -0.05) is 37.3 Å². The normalized spacial score (nSPS) is 20.5. The lowest BCUT2D eigenvalue weighted by Gasteiger charge is -2.30. The molecule has 126 valence electrons. The van der Waals surface area contributed by atoms with Gasteiger partial charge < -0.3 is 5.32 Å². The van der Waals surface area contributed by atoms with Crippen molar-refractivity contribution in [2.75, 3.05) is 5.32 Å². The highest BCUT2D eigenvalue weighted by Crippen LogP contribution is 2.33. The first-order valence-corrected chi connectivity index (χ1v) is 9.21. The second-order valence-electron chi connectivity index (χ2n) is 6.85. The Kier molecular flexibility index (Phi) is 5.68. The Balaban J connectivity index is 1.52. The molecule has 0 amide bonds. The summed E-state index contributed by atoms with van der Waals surface area (Å²) in [6.07, 6.45) is 6.44. The van der Waals surface area contributed by atoms with Crippen molar-refractivity contribution in [2.24, 2.45) is 0 Å². The SMILES string of the molecule is CCCC(=O)c1ccc(NC2CCC(c3ccccc3)CC2)cc1. The summed E-state index contributed by atoms with van der Waals surface area (Å²) in [7, 11) is 0. The van der Waals surface area contributed by atoms with Gasteiger partial charge in [0.05, 0.1) is 0 Å². The molecule has 0 aromatic heterocycles. The van der Waals surface area contributed by atoms with Crippen molar-refractivity contribution in [1.82, 2.24) is 0 Å². The zero-order valence-electron chi connectivity index (χ0n) is 14.5. The second kappa shape index (κ2) is 8.14. The van der Waals surface area contributed by atoms with E-state index < -0.39 is 0 Å². The minimum atomic E-state index is 0.243. The first-order valence-electron chi connectivity index (χ1n) is 9.21. The zero-order valence-corrected chi connectivity index (χ0v) is 14.5. The molecule has 1 aliphatic carbocycles. The maximum Gasteiger partial charge on any atom is 0.162 e. The monoisotopic (exact) mass is 321 g/mol. The predicted molar refractivity (Wildman–Crippen MR) is 101 cm³/mol. The van der Waals surface area contributed by atoms with Crippen LogP contribution >= 0.6 is 0 Å². The van der Waals surface area contributed by atoms with Gasteiger partial charge >= 0.3 is 0 Å². The van der Waals surface area contributed by atoms with Crippen molar-refractivity contribution in [3.05, 3.63) is 65.7 Å². The third kappa shape index (κ3) is 4.25. The summed E-state index contributed by atoms with van der Waals surface area (Å²) in [5, 5.41) is 3.64. The summed E-state index contributed by atoms with van der Waals surface area (Å²) in [6, 6.07) is 19.4. The molecule has 0 bridgehead atoms. The highest BCUT2D eigenvalue weighted by Gasteiger charge is 2.22. The summed E-state index contributed by atoms with van der Waals surface area (Å²) in [4.78, 5) is 11.9. The molecule has 1 fully saturated rings. The lowest BCUT2D eigenvalue weighted by atomic mass is 9.82. The summed E-state index contributed by atoms with van der Waals surface area (Å²) in [6.45, 7) is 2.04. The summed E-state index contributed by atoms with van der Waals surface area (Å²) < 4.78 is 0. The van der Waals surface area contributed by atoms with E-state index in [0.29, 0.717) is 18.4 Å². The van der Waals surface area contributed by atoms with Crippen LogP contribution in [-0.2, 0) is 0 Å². The molecule has 2 aromatic carbocycles. The van der Waals surface area contributed by atoms with Crippen molar-refractivity contribution < 1.29 is 4.79 Å². The molecule has 3 rings (SSSR count). The number of carbonyl (C=O) groups excluding carboxylic acids is 1. The molecule has 0 unspecified atom stereocenters. The number of hydrogen-bond acceptors (Lipinski definition) is 2. The fraction of sp³-hybridized carbons (Fsp3) is 0.409. The fourth-order valence-electron chi connectivity index (χ4n) is 3.66. The van der Waals surface area contributed by atoms with Crippen LogP contribution in [0.2, 0.25) is 0 Å². The number of ketones is 1. The van der Waals surface area contributed by atoms with Crippen molar-refractivity contribution in [2.45, 2.75) is 57.4 Å². The molecule has 0 atom stereocenters. The molecule has 0 aliphatic heterocycles. The van der Waals surface area contributed by atoms with E-state index in [1.807, 2.05) is 31.2 Å². The largest absolute Gasteiger partial charge is 0.382 e.